The van der Waals surface area contributed by atoms with Gasteiger partial charge in [0, 0.05) is 5.02 Å². The van der Waals surface area contributed by atoms with Crippen LogP contribution in [0.2, 0.25) is 5.02 Å². The molecule has 0 saturated heterocycles. The number of rotatable bonds is 4. The quantitative estimate of drug-likeness (QED) is 0.864. The Balaban J connectivity index is 2.91. The second kappa shape index (κ2) is 7.31. The molecule has 0 fully saturated rings. The molecule has 0 aliphatic heterocycles. The van der Waals surface area contributed by atoms with Crippen LogP contribution in [-0.2, 0) is 14.3 Å². The predicted octanol–water partition coefficient (Wildman–Crippen LogP) is 3.47. The van der Waals surface area contributed by atoms with Gasteiger partial charge in [0.25, 0.3) is 0 Å². The van der Waals surface area contributed by atoms with Crippen molar-refractivity contribution in [3.8, 4) is 0 Å². The molecule has 1 amide bonds. The van der Waals surface area contributed by atoms with Gasteiger partial charge in [-0.1, -0.05) is 29.8 Å². The zero-order valence-corrected chi connectivity index (χ0v) is 13.4. The van der Waals surface area contributed by atoms with Gasteiger partial charge in [0.05, 0.1) is 19.6 Å². The lowest BCUT2D eigenvalue weighted by molar-refractivity contribution is -0.141. The Morgan fingerprint density at radius 3 is 2.43 bits per heavy atom. The average molecular weight is 314 g/mol. The van der Waals surface area contributed by atoms with E-state index in [1.807, 2.05) is 0 Å². The van der Waals surface area contributed by atoms with Crippen LogP contribution in [0.4, 0.5) is 4.79 Å². The maximum Gasteiger partial charge on any atom is 0.408 e. The lowest BCUT2D eigenvalue weighted by atomic mass is 10.0. The maximum atomic E-state index is 11.9. The summed E-state index contributed by atoms with van der Waals surface area (Å²) in [5.41, 5.74) is 0.0100. The van der Waals surface area contributed by atoms with Gasteiger partial charge < -0.3 is 14.8 Å². The van der Waals surface area contributed by atoms with Crippen LogP contribution in [0.1, 0.15) is 38.8 Å². The smallest absolute Gasteiger partial charge is 0.408 e. The number of nitrogens with one attached hydrogen (secondary N) is 1. The van der Waals surface area contributed by atoms with Crippen LogP contribution in [0.5, 0.6) is 0 Å². The zero-order valence-electron chi connectivity index (χ0n) is 12.6. The third-order valence-electron chi connectivity index (χ3n) is 2.57. The van der Waals surface area contributed by atoms with Gasteiger partial charge in [0.2, 0.25) is 0 Å². The Bertz CT molecular complexity index is 511. The fourth-order valence-corrected chi connectivity index (χ4v) is 1.96. The van der Waals surface area contributed by atoms with Crippen LogP contribution in [0.15, 0.2) is 24.3 Å². The van der Waals surface area contributed by atoms with Gasteiger partial charge in [-0.05, 0) is 32.4 Å². The van der Waals surface area contributed by atoms with Crippen molar-refractivity contribution < 1.29 is 19.1 Å². The Hall–Kier alpha value is -1.75. The average Bonchev–Trinajstić information content (AvgIpc) is 2.36. The van der Waals surface area contributed by atoms with E-state index in [1.54, 1.807) is 45.0 Å². The van der Waals surface area contributed by atoms with E-state index in [0.29, 0.717) is 10.6 Å². The first-order valence-electron chi connectivity index (χ1n) is 6.53. The van der Waals surface area contributed by atoms with Crippen molar-refractivity contribution in [2.45, 2.75) is 38.8 Å². The number of carbonyl (C=O) groups excluding carboxylic acids is 2. The molecular weight excluding hydrogens is 294 g/mol. The maximum absolute atomic E-state index is 11.9. The fraction of sp³-hybridized carbons (Fsp3) is 0.467. The van der Waals surface area contributed by atoms with E-state index >= 15 is 0 Å². The van der Waals surface area contributed by atoms with Crippen molar-refractivity contribution in [1.29, 1.82) is 0 Å². The number of methoxy groups -OCH3 is 1. The van der Waals surface area contributed by atoms with Crippen molar-refractivity contribution in [3.05, 3.63) is 34.9 Å². The van der Waals surface area contributed by atoms with Gasteiger partial charge in [0.15, 0.2) is 0 Å². The summed E-state index contributed by atoms with van der Waals surface area (Å²) in [4.78, 5) is 23.4. The SMILES string of the molecule is COC(=O)C[C@@H](NC(=O)OC(C)(C)C)c1ccccc1Cl. The standard InChI is InChI=1S/C15H20ClNO4/c1-15(2,3)21-14(19)17-12(9-13(18)20-4)10-7-5-6-8-11(10)16/h5-8,12H,9H2,1-4H3,(H,17,19)/t12-/m1/s1. The first kappa shape index (κ1) is 17.3. The minimum absolute atomic E-state index is 0.0283. The van der Waals surface area contributed by atoms with Crippen LogP contribution in [0.25, 0.3) is 0 Å². The molecule has 0 aliphatic carbocycles. The molecule has 0 unspecified atom stereocenters. The highest BCUT2D eigenvalue weighted by molar-refractivity contribution is 6.31. The highest BCUT2D eigenvalue weighted by Gasteiger charge is 2.24. The minimum Gasteiger partial charge on any atom is -0.469 e. The molecule has 5 nitrogen and oxygen atoms in total. The summed E-state index contributed by atoms with van der Waals surface area (Å²) in [6.45, 7) is 5.28. The van der Waals surface area contributed by atoms with Gasteiger partial charge in [-0.15, -0.1) is 0 Å². The summed E-state index contributed by atoms with van der Waals surface area (Å²) in [5.74, 6) is -0.448. The minimum atomic E-state index is -0.625. The predicted molar refractivity (Wildman–Crippen MR) is 80.2 cm³/mol. The van der Waals surface area contributed by atoms with Crippen molar-refractivity contribution in [2.75, 3.05) is 7.11 Å². The number of benzene rings is 1. The molecule has 0 bridgehead atoms. The highest BCUT2D eigenvalue weighted by Crippen LogP contribution is 2.25. The van der Waals surface area contributed by atoms with Crippen LogP contribution in [0.3, 0.4) is 0 Å². The van der Waals surface area contributed by atoms with Crippen LogP contribution < -0.4 is 5.32 Å². The molecule has 0 radical (unpaired) electrons. The Morgan fingerprint density at radius 1 is 1.29 bits per heavy atom. The van der Waals surface area contributed by atoms with E-state index in [4.69, 9.17) is 16.3 Å². The molecule has 0 spiro atoms. The number of ether oxygens (including phenoxy) is 2. The van der Waals surface area contributed by atoms with E-state index < -0.39 is 23.7 Å². The second-order valence-electron chi connectivity index (χ2n) is 5.50. The van der Waals surface area contributed by atoms with Crippen molar-refractivity contribution in [1.82, 2.24) is 5.32 Å². The van der Waals surface area contributed by atoms with Crippen LogP contribution in [-0.4, -0.2) is 24.8 Å². The lowest BCUT2D eigenvalue weighted by Crippen LogP contribution is -2.36. The monoisotopic (exact) mass is 313 g/mol. The van der Waals surface area contributed by atoms with E-state index in [1.165, 1.54) is 7.11 Å². The first-order valence-corrected chi connectivity index (χ1v) is 6.91. The molecule has 1 N–H and O–H groups in total. The summed E-state index contributed by atoms with van der Waals surface area (Å²) in [5, 5.41) is 3.11. The lowest BCUT2D eigenvalue weighted by Gasteiger charge is -2.24. The molecule has 1 aromatic carbocycles. The van der Waals surface area contributed by atoms with Crippen molar-refractivity contribution >= 4 is 23.7 Å². The number of carbonyl (C=O) groups is 2. The Labute approximate surface area is 129 Å². The summed E-state index contributed by atoms with van der Waals surface area (Å²) >= 11 is 6.12. The number of amides is 1. The molecule has 0 aromatic heterocycles. The van der Waals surface area contributed by atoms with E-state index in [2.05, 4.69) is 10.1 Å². The Kier molecular flexibility index (Phi) is 6.03. The van der Waals surface area contributed by atoms with Crippen LogP contribution in [0, 0.1) is 0 Å². The van der Waals surface area contributed by atoms with Gasteiger partial charge in [-0.2, -0.15) is 0 Å². The summed E-state index contributed by atoms with van der Waals surface area (Å²) in [7, 11) is 1.29. The largest absolute Gasteiger partial charge is 0.469 e. The number of alkyl carbamates (subject to hydrolysis) is 1. The van der Waals surface area contributed by atoms with Crippen molar-refractivity contribution in [3.63, 3.8) is 0 Å². The van der Waals surface area contributed by atoms with E-state index in [0.717, 1.165) is 0 Å². The third kappa shape index (κ3) is 6.04. The number of halogens is 1. The molecule has 6 heteroatoms. The van der Waals surface area contributed by atoms with E-state index in [-0.39, 0.29) is 6.42 Å². The molecule has 1 aromatic rings. The summed E-state index contributed by atoms with van der Waals surface area (Å²) in [6.07, 6.45) is -0.643. The topological polar surface area (TPSA) is 64.6 Å². The molecule has 0 saturated carbocycles. The fourth-order valence-electron chi connectivity index (χ4n) is 1.70. The Morgan fingerprint density at radius 2 is 1.90 bits per heavy atom. The van der Waals surface area contributed by atoms with Gasteiger partial charge in [0.1, 0.15) is 5.60 Å². The van der Waals surface area contributed by atoms with Crippen LogP contribution >= 0.6 is 11.6 Å². The number of esters is 1. The zero-order chi connectivity index (χ0) is 16.0. The molecule has 21 heavy (non-hydrogen) atoms. The third-order valence-corrected chi connectivity index (χ3v) is 2.91. The molecule has 1 atom stereocenters. The second-order valence-corrected chi connectivity index (χ2v) is 5.91. The normalized spacial score (nSPS) is 12.4. The number of hydrogen-bond acceptors (Lipinski definition) is 4. The first-order chi connectivity index (χ1) is 9.73. The molecule has 116 valence electrons. The number of hydrogen-bond donors (Lipinski definition) is 1. The molecular formula is C15H20ClNO4. The highest BCUT2D eigenvalue weighted by atomic mass is 35.5. The molecule has 0 heterocycles. The van der Waals surface area contributed by atoms with Gasteiger partial charge in [-0.3, -0.25) is 4.79 Å². The van der Waals surface area contributed by atoms with Gasteiger partial charge in [-0.25, -0.2) is 4.79 Å². The van der Waals surface area contributed by atoms with Crippen molar-refractivity contribution in [2.24, 2.45) is 0 Å². The molecule has 0 aliphatic rings. The summed E-state index contributed by atoms with van der Waals surface area (Å²) < 4.78 is 9.85. The van der Waals surface area contributed by atoms with Gasteiger partial charge >= 0.3 is 12.1 Å². The molecule has 1 rings (SSSR count). The summed E-state index contributed by atoms with van der Waals surface area (Å²) in [6, 6.07) is 6.38. The van der Waals surface area contributed by atoms with E-state index in [9.17, 15) is 9.59 Å².